The summed E-state index contributed by atoms with van der Waals surface area (Å²) < 4.78 is 0. The lowest BCUT2D eigenvalue weighted by atomic mass is 9.61. The SMILES string of the molecule is C1=CCC(c2ccc(N(C3=CCC=C4C(=C3)C3(c5ccccc5C5C=CC=CC53)C3C=CC=CC43)c3ccc(-c4ccccc4)cc3)cc2)C=C1. The van der Waals surface area contributed by atoms with Crippen molar-refractivity contribution in [3.8, 4) is 11.1 Å². The summed E-state index contributed by atoms with van der Waals surface area (Å²) in [4.78, 5) is 2.50. The maximum absolute atomic E-state index is 2.58. The Bertz CT molecular complexity index is 2270. The van der Waals surface area contributed by atoms with Crippen LogP contribution in [0.25, 0.3) is 11.1 Å². The van der Waals surface area contributed by atoms with Crippen molar-refractivity contribution in [1.82, 2.24) is 0 Å². The molecule has 0 bridgehead atoms. The number of hydrogen-bond donors (Lipinski definition) is 0. The molecule has 0 N–H and O–H groups in total. The van der Waals surface area contributed by atoms with Gasteiger partial charge in [0.15, 0.2) is 0 Å². The Morgan fingerprint density at radius 1 is 0.549 bits per heavy atom. The average Bonchev–Trinajstić information content (AvgIpc) is 3.54. The van der Waals surface area contributed by atoms with E-state index in [0.717, 1.165) is 12.8 Å². The molecule has 51 heavy (non-hydrogen) atoms. The Balaban J connectivity index is 1.14. The maximum Gasteiger partial charge on any atom is 0.0461 e. The molecule has 6 aliphatic rings. The van der Waals surface area contributed by atoms with Crippen molar-refractivity contribution in [3.63, 3.8) is 0 Å². The van der Waals surface area contributed by atoms with Gasteiger partial charge >= 0.3 is 0 Å². The number of rotatable bonds is 5. The minimum absolute atomic E-state index is 0.156. The first-order valence-corrected chi connectivity index (χ1v) is 18.6. The number of fused-ring (bicyclic) bond motifs is 10. The van der Waals surface area contributed by atoms with Gasteiger partial charge in [0.1, 0.15) is 0 Å². The van der Waals surface area contributed by atoms with Crippen molar-refractivity contribution in [3.05, 3.63) is 228 Å². The molecular weight excluding hydrogens is 615 g/mol. The van der Waals surface area contributed by atoms with Gasteiger partial charge in [-0.25, -0.2) is 0 Å². The summed E-state index contributed by atoms with van der Waals surface area (Å²) in [6.45, 7) is 0. The first-order chi connectivity index (χ1) is 25.3. The molecule has 0 heterocycles. The molecule has 4 aromatic rings. The van der Waals surface area contributed by atoms with Gasteiger partial charge in [0.2, 0.25) is 0 Å². The molecule has 4 aromatic carbocycles. The van der Waals surface area contributed by atoms with E-state index in [1.165, 1.54) is 56.0 Å². The van der Waals surface area contributed by atoms with Crippen LogP contribution < -0.4 is 4.90 Å². The molecule has 1 saturated carbocycles. The molecule has 0 saturated heterocycles. The number of hydrogen-bond acceptors (Lipinski definition) is 1. The molecule has 1 heteroatoms. The Hall–Kier alpha value is -5.66. The normalized spacial score (nSPS) is 27.6. The van der Waals surface area contributed by atoms with E-state index in [1.807, 2.05) is 0 Å². The summed E-state index contributed by atoms with van der Waals surface area (Å²) in [5, 5.41) is 0. The minimum atomic E-state index is -0.156. The van der Waals surface area contributed by atoms with Crippen molar-refractivity contribution in [1.29, 1.82) is 0 Å². The summed E-state index contributed by atoms with van der Waals surface area (Å²) in [5.41, 5.74) is 13.2. The predicted octanol–water partition coefficient (Wildman–Crippen LogP) is 12.4. The second-order valence-electron chi connectivity index (χ2n) is 14.7. The highest BCUT2D eigenvalue weighted by Crippen LogP contribution is 2.68. The van der Waals surface area contributed by atoms with Gasteiger partial charge in [-0.05, 0) is 82.1 Å². The molecule has 1 nitrogen and oxygen atoms in total. The molecule has 6 unspecified atom stereocenters. The predicted molar refractivity (Wildman–Crippen MR) is 213 cm³/mol. The molecule has 0 aromatic heterocycles. The van der Waals surface area contributed by atoms with Crippen LogP contribution in [0.1, 0.15) is 41.4 Å². The first kappa shape index (κ1) is 30.2. The van der Waals surface area contributed by atoms with Crippen molar-refractivity contribution in [2.75, 3.05) is 4.90 Å². The molecule has 0 amide bonds. The van der Waals surface area contributed by atoms with E-state index in [2.05, 4.69) is 199 Å². The molecule has 1 fully saturated rings. The van der Waals surface area contributed by atoms with E-state index in [9.17, 15) is 0 Å². The van der Waals surface area contributed by atoms with Crippen molar-refractivity contribution in [2.24, 2.45) is 17.8 Å². The zero-order valence-corrected chi connectivity index (χ0v) is 28.7. The number of nitrogens with zero attached hydrogens (tertiary/aromatic N) is 1. The summed E-state index contributed by atoms with van der Waals surface area (Å²) in [6, 6.07) is 38.5. The van der Waals surface area contributed by atoms with Gasteiger partial charge in [-0.15, -0.1) is 0 Å². The third kappa shape index (κ3) is 4.75. The molecule has 1 spiro atoms. The van der Waals surface area contributed by atoms with Gasteiger partial charge in [0.25, 0.3) is 0 Å². The van der Waals surface area contributed by atoms with E-state index >= 15 is 0 Å². The van der Waals surface area contributed by atoms with Gasteiger partial charge in [0, 0.05) is 52.1 Å². The Morgan fingerprint density at radius 2 is 1.20 bits per heavy atom. The Morgan fingerprint density at radius 3 is 1.96 bits per heavy atom. The third-order valence-corrected chi connectivity index (χ3v) is 12.2. The highest BCUT2D eigenvalue weighted by Gasteiger charge is 2.62. The lowest BCUT2D eigenvalue weighted by Crippen LogP contribution is -2.38. The van der Waals surface area contributed by atoms with E-state index < -0.39 is 0 Å². The van der Waals surface area contributed by atoms with Crippen LogP contribution in [0.15, 0.2) is 211 Å². The van der Waals surface area contributed by atoms with E-state index in [4.69, 9.17) is 0 Å². The lowest BCUT2D eigenvalue weighted by Gasteiger charge is -2.40. The van der Waals surface area contributed by atoms with Crippen LogP contribution in [0.5, 0.6) is 0 Å². The fraction of sp³-hybridized carbons (Fsp3) is 0.160. The van der Waals surface area contributed by atoms with Crippen LogP contribution in [0, 0.1) is 17.8 Å². The van der Waals surface area contributed by atoms with Gasteiger partial charge in [-0.3, -0.25) is 0 Å². The molecule has 0 aliphatic heterocycles. The van der Waals surface area contributed by atoms with Crippen LogP contribution in [-0.2, 0) is 5.41 Å². The highest BCUT2D eigenvalue weighted by atomic mass is 15.1. The maximum atomic E-state index is 2.58. The molecular formula is C50H41N. The van der Waals surface area contributed by atoms with Crippen LogP contribution >= 0.6 is 0 Å². The summed E-state index contributed by atoms with van der Waals surface area (Å²) in [5.74, 6) is 1.87. The largest absolute Gasteiger partial charge is 0.311 e. The monoisotopic (exact) mass is 655 g/mol. The van der Waals surface area contributed by atoms with Crippen LogP contribution in [0.3, 0.4) is 0 Å². The first-order valence-electron chi connectivity index (χ1n) is 18.6. The number of anilines is 2. The zero-order chi connectivity index (χ0) is 33.8. The van der Waals surface area contributed by atoms with Gasteiger partial charge in [-0.1, -0.05) is 164 Å². The van der Waals surface area contributed by atoms with Crippen molar-refractivity contribution < 1.29 is 0 Å². The zero-order valence-electron chi connectivity index (χ0n) is 28.7. The van der Waals surface area contributed by atoms with E-state index in [1.54, 1.807) is 0 Å². The number of benzene rings is 4. The standard InChI is InChI=1S/C50H41N/c1-3-14-35(15-4-1)37-26-30-39(31-27-37)51(40-32-28-38(29-33-40)36-16-5-2-6-17-36)41-18-13-22-45-44-21-9-12-25-48(44)50(49(45)34-41)46-23-10-7-19-42(46)43-20-8-11-24-47(43)50/h1-12,14-16,18-34,36,42,44,46,48H,13,17H2. The smallest absolute Gasteiger partial charge is 0.0461 e. The Labute approximate surface area is 302 Å². The quantitative estimate of drug-likeness (QED) is 0.207. The van der Waals surface area contributed by atoms with E-state index in [0.29, 0.717) is 29.6 Å². The molecule has 10 rings (SSSR count). The highest BCUT2D eigenvalue weighted by molar-refractivity contribution is 5.76. The average molecular weight is 656 g/mol. The summed E-state index contributed by atoms with van der Waals surface area (Å²) in [6.07, 6.45) is 37.5. The topological polar surface area (TPSA) is 3.24 Å². The molecule has 0 radical (unpaired) electrons. The minimum Gasteiger partial charge on any atom is -0.311 e. The van der Waals surface area contributed by atoms with E-state index in [-0.39, 0.29) is 5.41 Å². The van der Waals surface area contributed by atoms with Crippen LogP contribution in [0.2, 0.25) is 0 Å². The van der Waals surface area contributed by atoms with Crippen LogP contribution in [-0.4, -0.2) is 0 Å². The van der Waals surface area contributed by atoms with Gasteiger partial charge < -0.3 is 4.90 Å². The molecule has 6 aliphatic carbocycles. The molecule has 6 atom stereocenters. The fourth-order valence-electron chi connectivity index (χ4n) is 10.0. The lowest BCUT2D eigenvalue weighted by molar-refractivity contribution is 0.305. The number of allylic oxidation sites excluding steroid dienone is 17. The fourth-order valence-corrected chi connectivity index (χ4v) is 10.0. The van der Waals surface area contributed by atoms with Gasteiger partial charge in [0.05, 0.1) is 0 Å². The van der Waals surface area contributed by atoms with Crippen molar-refractivity contribution in [2.45, 2.75) is 30.1 Å². The molecule has 246 valence electrons. The third-order valence-electron chi connectivity index (χ3n) is 12.2. The summed E-state index contributed by atoms with van der Waals surface area (Å²) in [7, 11) is 0. The van der Waals surface area contributed by atoms with Crippen LogP contribution in [0.4, 0.5) is 11.4 Å². The van der Waals surface area contributed by atoms with Crippen molar-refractivity contribution >= 4 is 11.4 Å². The second kappa shape index (κ2) is 12.3. The van der Waals surface area contributed by atoms with Gasteiger partial charge in [-0.2, -0.15) is 0 Å². The Kier molecular flexibility index (Phi) is 7.27. The second-order valence-corrected chi connectivity index (χ2v) is 14.7. The summed E-state index contributed by atoms with van der Waals surface area (Å²) >= 11 is 0.